The van der Waals surface area contributed by atoms with E-state index in [1.165, 1.54) is 0 Å². The van der Waals surface area contributed by atoms with Crippen LogP contribution in [0, 0.1) is 6.07 Å². The van der Waals surface area contributed by atoms with Crippen molar-refractivity contribution in [3.05, 3.63) is 97.3 Å². The second-order valence-electron chi connectivity index (χ2n) is 6.24. The van der Waals surface area contributed by atoms with E-state index in [9.17, 15) is 0 Å². The lowest BCUT2D eigenvalue weighted by Crippen LogP contribution is -1.83. The van der Waals surface area contributed by atoms with Gasteiger partial charge in [-0.1, -0.05) is 78.9 Å². The first-order chi connectivity index (χ1) is 13.9. The van der Waals surface area contributed by atoms with Gasteiger partial charge in [0.25, 0.3) is 5.89 Å². The van der Waals surface area contributed by atoms with Crippen LogP contribution in [0.15, 0.2) is 100 Å². The average Bonchev–Trinajstić information content (AvgIpc) is 3.43. The molecule has 5 aromatic rings. The Morgan fingerprint density at radius 1 is 0.679 bits per heavy atom. The molecule has 4 nitrogen and oxygen atoms in total. The SMILES string of the molecule is [c]1ccccc1-c1nc(-c2ccccc2)c(-c2nc(-c3ccccc3)co2)o1. The first-order valence-corrected chi connectivity index (χ1v) is 8.93. The summed E-state index contributed by atoms with van der Waals surface area (Å²) in [6.07, 6.45) is 1.64. The lowest BCUT2D eigenvalue weighted by Gasteiger charge is -1.97. The highest BCUT2D eigenvalue weighted by atomic mass is 16.4. The molecule has 0 fully saturated rings. The Morgan fingerprint density at radius 3 is 2.11 bits per heavy atom. The van der Waals surface area contributed by atoms with Crippen LogP contribution in [-0.4, -0.2) is 9.97 Å². The molecule has 2 aromatic heterocycles. The van der Waals surface area contributed by atoms with Crippen molar-refractivity contribution >= 4 is 0 Å². The largest absolute Gasteiger partial charge is 0.441 e. The monoisotopic (exact) mass is 363 g/mol. The van der Waals surface area contributed by atoms with Gasteiger partial charge in [0.1, 0.15) is 17.7 Å². The van der Waals surface area contributed by atoms with Crippen molar-refractivity contribution < 1.29 is 8.83 Å². The van der Waals surface area contributed by atoms with E-state index in [-0.39, 0.29) is 0 Å². The van der Waals surface area contributed by atoms with Gasteiger partial charge >= 0.3 is 0 Å². The smallest absolute Gasteiger partial charge is 0.265 e. The van der Waals surface area contributed by atoms with Crippen LogP contribution in [0.3, 0.4) is 0 Å². The van der Waals surface area contributed by atoms with Gasteiger partial charge in [-0.25, -0.2) is 9.97 Å². The summed E-state index contributed by atoms with van der Waals surface area (Å²) in [6, 6.07) is 30.5. The summed E-state index contributed by atoms with van der Waals surface area (Å²) >= 11 is 0. The van der Waals surface area contributed by atoms with E-state index in [0.717, 1.165) is 22.4 Å². The lowest BCUT2D eigenvalue weighted by atomic mass is 10.1. The molecular formula is C24H15N2O2. The molecule has 1 radical (unpaired) electrons. The molecule has 0 unspecified atom stereocenters. The quantitative estimate of drug-likeness (QED) is 0.385. The number of hydrogen-bond acceptors (Lipinski definition) is 4. The van der Waals surface area contributed by atoms with Gasteiger partial charge in [-0.15, -0.1) is 0 Å². The molecule has 0 saturated heterocycles. The summed E-state index contributed by atoms with van der Waals surface area (Å²) in [5, 5.41) is 0. The molecule has 0 bridgehead atoms. The number of hydrogen-bond donors (Lipinski definition) is 0. The van der Waals surface area contributed by atoms with Crippen molar-refractivity contribution in [2.75, 3.05) is 0 Å². The number of nitrogens with zero attached hydrogens (tertiary/aromatic N) is 2. The normalized spacial score (nSPS) is 10.9. The van der Waals surface area contributed by atoms with Crippen LogP contribution in [0.2, 0.25) is 0 Å². The minimum absolute atomic E-state index is 0.396. The third kappa shape index (κ3) is 3.01. The van der Waals surface area contributed by atoms with Crippen molar-refractivity contribution in [2.24, 2.45) is 0 Å². The van der Waals surface area contributed by atoms with Crippen molar-refractivity contribution in [3.8, 4) is 45.6 Å². The fraction of sp³-hybridized carbons (Fsp3) is 0. The van der Waals surface area contributed by atoms with Crippen LogP contribution in [-0.2, 0) is 0 Å². The van der Waals surface area contributed by atoms with E-state index in [4.69, 9.17) is 13.8 Å². The summed E-state index contributed by atoms with van der Waals surface area (Å²) in [4.78, 5) is 9.34. The lowest BCUT2D eigenvalue weighted by molar-refractivity contribution is 0.522. The molecule has 5 rings (SSSR count). The van der Waals surface area contributed by atoms with Crippen LogP contribution in [0.4, 0.5) is 0 Å². The van der Waals surface area contributed by atoms with Gasteiger partial charge in [-0.2, -0.15) is 0 Å². The molecular weight excluding hydrogens is 348 g/mol. The van der Waals surface area contributed by atoms with Gasteiger partial charge in [-0.05, 0) is 12.1 Å². The minimum Gasteiger partial charge on any atom is -0.441 e. The molecule has 3 aromatic carbocycles. The molecule has 0 amide bonds. The number of oxazole rings is 2. The van der Waals surface area contributed by atoms with Crippen molar-refractivity contribution in [2.45, 2.75) is 0 Å². The summed E-state index contributed by atoms with van der Waals surface area (Å²) in [6.45, 7) is 0. The van der Waals surface area contributed by atoms with Crippen molar-refractivity contribution in [3.63, 3.8) is 0 Å². The molecule has 0 aliphatic rings. The number of aromatic nitrogens is 2. The zero-order valence-electron chi connectivity index (χ0n) is 14.9. The van der Waals surface area contributed by atoms with Gasteiger partial charge in [0.15, 0.2) is 0 Å². The van der Waals surface area contributed by atoms with Gasteiger partial charge in [0.05, 0.1) is 0 Å². The minimum atomic E-state index is 0.396. The Kier molecular flexibility index (Phi) is 4.07. The van der Waals surface area contributed by atoms with Gasteiger partial charge < -0.3 is 8.83 Å². The third-order valence-corrected chi connectivity index (χ3v) is 4.38. The highest BCUT2D eigenvalue weighted by Crippen LogP contribution is 2.36. The molecule has 0 atom stereocenters. The standard InChI is InChI=1S/C24H15N2O2/c1-4-10-17(11-5-1)20-16-27-24(25-20)22-21(18-12-6-2-7-13-18)26-23(28-22)19-14-8-3-9-15-19/h1-14,16H. The van der Waals surface area contributed by atoms with E-state index in [1.807, 2.05) is 84.9 Å². The molecule has 4 heteroatoms. The first-order valence-electron chi connectivity index (χ1n) is 8.93. The predicted molar refractivity (Wildman–Crippen MR) is 107 cm³/mol. The van der Waals surface area contributed by atoms with Crippen LogP contribution in [0.25, 0.3) is 45.6 Å². The van der Waals surface area contributed by atoms with Crippen molar-refractivity contribution in [1.82, 2.24) is 9.97 Å². The zero-order valence-corrected chi connectivity index (χ0v) is 14.9. The third-order valence-electron chi connectivity index (χ3n) is 4.38. The van der Waals surface area contributed by atoms with E-state index in [0.29, 0.717) is 23.2 Å². The average molecular weight is 363 g/mol. The van der Waals surface area contributed by atoms with E-state index >= 15 is 0 Å². The number of benzene rings is 3. The maximum Gasteiger partial charge on any atom is 0.265 e. The second-order valence-corrected chi connectivity index (χ2v) is 6.24. The molecule has 28 heavy (non-hydrogen) atoms. The van der Waals surface area contributed by atoms with E-state index in [2.05, 4.69) is 11.1 Å². The molecule has 0 aliphatic carbocycles. The highest BCUT2D eigenvalue weighted by molar-refractivity contribution is 5.76. The Labute approximate surface area is 162 Å². The van der Waals surface area contributed by atoms with Gasteiger partial charge in [-0.3, -0.25) is 0 Å². The van der Waals surface area contributed by atoms with Crippen LogP contribution >= 0.6 is 0 Å². The fourth-order valence-corrected chi connectivity index (χ4v) is 3.02. The van der Waals surface area contributed by atoms with Crippen LogP contribution in [0.1, 0.15) is 0 Å². The maximum atomic E-state index is 6.09. The molecule has 0 N–H and O–H groups in total. The summed E-state index contributed by atoms with van der Waals surface area (Å²) in [5.74, 6) is 1.38. The van der Waals surface area contributed by atoms with Crippen molar-refractivity contribution in [1.29, 1.82) is 0 Å². The Hall–Kier alpha value is -3.92. The van der Waals surface area contributed by atoms with Crippen LogP contribution < -0.4 is 0 Å². The summed E-state index contributed by atoms with van der Waals surface area (Å²) in [5.41, 5.74) is 4.13. The predicted octanol–water partition coefficient (Wildman–Crippen LogP) is 6.13. The Morgan fingerprint density at radius 2 is 1.39 bits per heavy atom. The first kappa shape index (κ1) is 16.3. The number of rotatable bonds is 4. The molecule has 0 saturated carbocycles. The zero-order chi connectivity index (χ0) is 18.8. The molecule has 2 heterocycles. The second kappa shape index (κ2) is 7.00. The molecule has 0 aliphatic heterocycles. The molecule has 133 valence electrons. The summed E-state index contributed by atoms with van der Waals surface area (Å²) in [7, 11) is 0. The fourth-order valence-electron chi connectivity index (χ4n) is 3.02. The molecule has 0 spiro atoms. The Bertz CT molecular complexity index is 1190. The Balaban J connectivity index is 1.64. The summed E-state index contributed by atoms with van der Waals surface area (Å²) < 4.78 is 11.9. The maximum absolute atomic E-state index is 6.09. The van der Waals surface area contributed by atoms with E-state index in [1.54, 1.807) is 6.26 Å². The van der Waals surface area contributed by atoms with Crippen LogP contribution in [0.5, 0.6) is 0 Å². The highest BCUT2D eigenvalue weighted by Gasteiger charge is 2.22. The van der Waals surface area contributed by atoms with Gasteiger partial charge in [0, 0.05) is 16.7 Å². The van der Waals surface area contributed by atoms with E-state index < -0.39 is 0 Å². The van der Waals surface area contributed by atoms with Gasteiger partial charge in [0.2, 0.25) is 11.7 Å². The topological polar surface area (TPSA) is 52.1 Å².